The number of aryl methyl sites for hydroxylation is 2. The molecule has 1 aliphatic rings. The van der Waals surface area contributed by atoms with Crippen LogP contribution in [-0.4, -0.2) is 34.8 Å². The third kappa shape index (κ3) is 4.12. The first kappa shape index (κ1) is 19.5. The van der Waals surface area contributed by atoms with Gasteiger partial charge in [0.2, 0.25) is 0 Å². The number of amides is 1. The van der Waals surface area contributed by atoms with Crippen LogP contribution in [0.3, 0.4) is 0 Å². The van der Waals surface area contributed by atoms with Crippen LogP contribution in [0.15, 0.2) is 53.6 Å². The lowest BCUT2D eigenvalue weighted by atomic mass is 10.0. The number of ether oxygens (including phenoxy) is 1. The molecule has 5 nitrogen and oxygen atoms in total. The largest absolute Gasteiger partial charge is 0.488 e. The molecule has 0 aliphatic carbocycles. The molecule has 29 heavy (non-hydrogen) atoms. The van der Waals surface area contributed by atoms with Gasteiger partial charge in [-0.05, 0) is 56.0 Å². The molecule has 0 bridgehead atoms. The molecule has 1 atom stereocenters. The summed E-state index contributed by atoms with van der Waals surface area (Å²) in [4.78, 5) is 22.6. The number of carbonyl (C=O) groups is 1. The molecule has 0 radical (unpaired) electrons. The molecule has 148 valence electrons. The Morgan fingerprint density at radius 1 is 1.24 bits per heavy atom. The lowest BCUT2D eigenvalue weighted by Gasteiger charge is -2.13. The predicted octanol–water partition coefficient (Wildman–Crippen LogP) is 4.22. The van der Waals surface area contributed by atoms with Crippen LogP contribution in [0.5, 0.6) is 5.75 Å². The number of rotatable bonds is 5. The van der Waals surface area contributed by atoms with Crippen molar-refractivity contribution in [1.82, 2.24) is 15.3 Å². The monoisotopic (exact) mass is 405 g/mol. The maximum absolute atomic E-state index is 12.6. The number of carbonyl (C=O) groups excluding carboxylic acids is 1. The van der Waals surface area contributed by atoms with Crippen LogP contribution in [-0.2, 0) is 6.42 Å². The van der Waals surface area contributed by atoms with Gasteiger partial charge in [-0.25, -0.2) is 4.98 Å². The first-order valence-electron chi connectivity index (χ1n) is 9.56. The molecule has 0 saturated carbocycles. The summed E-state index contributed by atoms with van der Waals surface area (Å²) in [7, 11) is 0. The van der Waals surface area contributed by atoms with Crippen molar-refractivity contribution in [3.63, 3.8) is 0 Å². The molecule has 1 aliphatic heterocycles. The average molecular weight is 406 g/mol. The van der Waals surface area contributed by atoms with Gasteiger partial charge in [0.05, 0.1) is 29.2 Å². The standard InChI is InChI=1S/C23H23N3O2S/c1-14-12-24-15(2)22(26-14)16-8-9-20-17(10-16)11-18(28-20)13-25-23(27)19-6-4-5-7-21(19)29-3/h4-10,12,18H,11,13H2,1-3H3,(H,25,27)/t18-/m1/s1. The lowest BCUT2D eigenvalue weighted by molar-refractivity contribution is 0.0930. The van der Waals surface area contributed by atoms with Gasteiger partial charge in [0.15, 0.2) is 0 Å². The zero-order chi connectivity index (χ0) is 20.4. The molecular weight excluding hydrogens is 382 g/mol. The Morgan fingerprint density at radius 3 is 2.90 bits per heavy atom. The second-order valence-corrected chi connectivity index (χ2v) is 7.97. The third-order valence-corrected chi connectivity index (χ3v) is 5.79. The summed E-state index contributed by atoms with van der Waals surface area (Å²) in [5.74, 6) is 0.802. The highest BCUT2D eigenvalue weighted by Crippen LogP contribution is 2.33. The van der Waals surface area contributed by atoms with Crippen molar-refractivity contribution in [1.29, 1.82) is 0 Å². The molecule has 0 saturated heterocycles. The fourth-order valence-electron chi connectivity index (χ4n) is 3.53. The first-order chi connectivity index (χ1) is 14.0. The molecule has 0 unspecified atom stereocenters. The predicted molar refractivity (Wildman–Crippen MR) is 116 cm³/mol. The molecule has 1 aromatic heterocycles. The summed E-state index contributed by atoms with van der Waals surface area (Å²) in [5, 5.41) is 3.01. The van der Waals surface area contributed by atoms with Gasteiger partial charge in [-0.1, -0.05) is 12.1 Å². The van der Waals surface area contributed by atoms with E-state index in [0.717, 1.165) is 45.3 Å². The Bertz CT molecular complexity index is 1070. The summed E-state index contributed by atoms with van der Waals surface area (Å²) >= 11 is 1.57. The van der Waals surface area contributed by atoms with Crippen molar-refractivity contribution in [3.05, 3.63) is 71.2 Å². The molecule has 2 aromatic carbocycles. The van der Waals surface area contributed by atoms with E-state index in [4.69, 9.17) is 4.74 Å². The maximum Gasteiger partial charge on any atom is 0.252 e. The summed E-state index contributed by atoms with van der Waals surface area (Å²) in [5.41, 5.74) is 5.58. The second-order valence-electron chi connectivity index (χ2n) is 7.12. The van der Waals surface area contributed by atoms with E-state index in [1.807, 2.05) is 56.5 Å². The summed E-state index contributed by atoms with van der Waals surface area (Å²) in [6.07, 6.45) is 4.44. The molecular formula is C23H23N3O2S. The Balaban J connectivity index is 1.44. The molecule has 3 aromatic rings. The zero-order valence-corrected chi connectivity index (χ0v) is 17.5. The SMILES string of the molecule is CSc1ccccc1C(=O)NC[C@H]1Cc2cc(-c3nc(C)cnc3C)ccc2O1. The van der Waals surface area contributed by atoms with Gasteiger partial charge in [-0.15, -0.1) is 11.8 Å². The number of hydrogen-bond donors (Lipinski definition) is 1. The van der Waals surface area contributed by atoms with E-state index >= 15 is 0 Å². The molecule has 4 rings (SSSR count). The number of fused-ring (bicyclic) bond motifs is 1. The summed E-state index contributed by atoms with van der Waals surface area (Å²) in [6, 6.07) is 13.8. The first-order valence-corrected chi connectivity index (χ1v) is 10.8. The van der Waals surface area contributed by atoms with E-state index in [2.05, 4.69) is 21.4 Å². The van der Waals surface area contributed by atoms with E-state index in [0.29, 0.717) is 12.1 Å². The Hall–Kier alpha value is -2.86. The van der Waals surface area contributed by atoms with E-state index in [-0.39, 0.29) is 12.0 Å². The van der Waals surface area contributed by atoms with Gasteiger partial charge in [-0.3, -0.25) is 9.78 Å². The summed E-state index contributed by atoms with van der Waals surface area (Å²) < 4.78 is 6.04. The highest BCUT2D eigenvalue weighted by atomic mass is 32.2. The second kappa shape index (κ2) is 8.25. The van der Waals surface area contributed by atoms with Gasteiger partial charge in [0.25, 0.3) is 5.91 Å². The smallest absolute Gasteiger partial charge is 0.252 e. The van der Waals surface area contributed by atoms with Gasteiger partial charge in [-0.2, -0.15) is 0 Å². The minimum atomic E-state index is -0.0738. The van der Waals surface area contributed by atoms with Gasteiger partial charge < -0.3 is 10.1 Å². The number of nitrogens with zero attached hydrogens (tertiary/aromatic N) is 2. The van der Waals surface area contributed by atoms with E-state index in [1.165, 1.54) is 0 Å². The summed E-state index contributed by atoms with van der Waals surface area (Å²) in [6.45, 7) is 4.38. The van der Waals surface area contributed by atoms with Crippen LogP contribution >= 0.6 is 11.8 Å². The number of nitrogens with one attached hydrogen (secondary N) is 1. The van der Waals surface area contributed by atoms with Crippen molar-refractivity contribution < 1.29 is 9.53 Å². The van der Waals surface area contributed by atoms with E-state index in [1.54, 1.807) is 18.0 Å². The van der Waals surface area contributed by atoms with Gasteiger partial charge in [0, 0.05) is 23.1 Å². The topological polar surface area (TPSA) is 64.1 Å². The van der Waals surface area contributed by atoms with Crippen LogP contribution in [0.2, 0.25) is 0 Å². The van der Waals surface area contributed by atoms with E-state index < -0.39 is 0 Å². The van der Waals surface area contributed by atoms with Crippen LogP contribution in [0, 0.1) is 13.8 Å². The average Bonchev–Trinajstić information content (AvgIpc) is 3.15. The lowest BCUT2D eigenvalue weighted by Crippen LogP contribution is -2.34. The van der Waals surface area contributed by atoms with E-state index in [9.17, 15) is 4.79 Å². The molecule has 6 heteroatoms. The van der Waals surface area contributed by atoms with Crippen molar-refractivity contribution in [2.24, 2.45) is 0 Å². The highest BCUT2D eigenvalue weighted by molar-refractivity contribution is 7.98. The third-order valence-electron chi connectivity index (χ3n) is 4.99. The number of benzene rings is 2. The fraction of sp³-hybridized carbons (Fsp3) is 0.261. The molecule has 2 heterocycles. The van der Waals surface area contributed by atoms with Crippen molar-refractivity contribution >= 4 is 17.7 Å². The van der Waals surface area contributed by atoms with Crippen LogP contribution in [0.25, 0.3) is 11.3 Å². The number of hydrogen-bond acceptors (Lipinski definition) is 5. The Labute approximate surface area is 174 Å². The number of aromatic nitrogens is 2. The normalized spacial score (nSPS) is 14.9. The van der Waals surface area contributed by atoms with Gasteiger partial charge >= 0.3 is 0 Å². The molecule has 0 fully saturated rings. The van der Waals surface area contributed by atoms with Crippen LogP contribution in [0.1, 0.15) is 27.3 Å². The van der Waals surface area contributed by atoms with Crippen molar-refractivity contribution in [3.8, 4) is 17.0 Å². The minimum absolute atomic E-state index is 0.0687. The Kier molecular flexibility index (Phi) is 5.53. The minimum Gasteiger partial charge on any atom is -0.488 e. The quantitative estimate of drug-likeness (QED) is 0.644. The maximum atomic E-state index is 12.6. The van der Waals surface area contributed by atoms with Crippen LogP contribution in [0.4, 0.5) is 0 Å². The molecule has 0 spiro atoms. The molecule has 1 N–H and O–H groups in total. The number of thioether (sulfide) groups is 1. The van der Waals surface area contributed by atoms with Gasteiger partial charge in [0.1, 0.15) is 11.9 Å². The van der Waals surface area contributed by atoms with Crippen LogP contribution < -0.4 is 10.1 Å². The Morgan fingerprint density at radius 2 is 2.07 bits per heavy atom. The highest BCUT2D eigenvalue weighted by Gasteiger charge is 2.24. The zero-order valence-electron chi connectivity index (χ0n) is 16.7. The van der Waals surface area contributed by atoms with Crippen molar-refractivity contribution in [2.45, 2.75) is 31.3 Å². The van der Waals surface area contributed by atoms with Crippen molar-refractivity contribution in [2.75, 3.05) is 12.8 Å². The molecule has 1 amide bonds. The fourth-order valence-corrected chi connectivity index (χ4v) is 4.12.